The van der Waals surface area contributed by atoms with Gasteiger partial charge in [0.05, 0.1) is 5.69 Å². The summed E-state index contributed by atoms with van der Waals surface area (Å²) in [5.41, 5.74) is 1.14. The molecule has 0 aromatic carbocycles. The Balaban J connectivity index is 1.95. The number of anilines is 1. The van der Waals surface area contributed by atoms with Crippen LogP contribution in [0.4, 0.5) is 5.82 Å². The van der Waals surface area contributed by atoms with Crippen molar-refractivity contribution in [2.24, 2.45) is 11.8 Å². The lowest BCUT2D eigenvalue weighted by Gasteiger charge is -2.35. The first-order valence-corrected chi connectivity index (χ1v) is 8.45. The fourth-order valence-corrected chi connectivity index (χ4v) is 3.19. The van der Waals surface area contributed by atoms with Crippen molar-refractivity contribution in [2.75, 3.05) is 18.5 Å². The van der Waals surface area contributed by atoms with Gasteiger partial charge in [-0.25, -0.2) is 4.98 Å². The SMILES string of the molecule is CC(C)CNCc1cccc(N(C)C2CCCC(C)C2)n1. The molecule has 0 radical (unpaired) electrons. The third-order valence-corrected chi connectivity index (χ3v) is 4.47. The van der Waals surface area contributed by atoms with E-state index in [0.29, 0.717) is 12.0 Å². The molecule has 0 aliphatic heterocycles. The molecule has 1 aliphatic rings. The number of hydrogen-bond acceptors (Lipinski definition) is 3. The molecule has 2 atom stereocenters. The summed E-state index contributed by atoms with van der Waals surface area (Å²) in [6.45, 7) is 8.74. The molecule has 1 N–H and O–H groups in total. The second-order valence-electron chi connectivity index (χ2n) is 7.05. The molecule has 118 valence electrons. The van der Waals surface area contributed by atoms with Crippen molar-refractivity contribution in [1.82, 2.24) is 10.3 Å². The molecule has 1 aromatic heterocycles. The summed E-state index contributed by atoms with van der Waals surface area (Å²) in [5, 5.41) is 3.47. The van der Waals surface area contributed by atoms with Crippen molar-refractivity contribution in [2.45, 2.75) is 59.0 Å². The Labute approximate surface area is 130 Å². The topological polar surface area (TPSA) is 28.2 Å². The largest absolute Gasteiger partial charge is 0.357 e. The quantitative estimate of drug-likeness (QED) is 0.862. The predicted octanol–water partition coefficient (Wildman–Crippen LogP) is 3.84. The van der Waals surface area contributed by atoms with Crippen molar-refractivity contribution in [1.29, 1.82) is 0 Å². The van der Waals surface area contributed by atoms with Crippen molar-refractivity contribution in [3.63, 3.8) is 0 Å². The molecular weight excluding hydrogens is 258 g/mol. The first-order valence-electron chi connectivity index (χ1n) is 8.45. The Bertz CT molecular complexity index is 430. The average Bonchev–Trinajstić information content (AvgIpc) is 2.46. The number of nitrogens with one attached hydrogen (secondary N) is 1. The summed E-state index contributed by atoms with van der Waals surface area (Å²) in [5.74, 6) is 2.65. The molecule has 1 saturated carbocycles. The van der Waals surface area contributed by atoms with E-state index in [-0.39, 0.29) is 0 Å². The molecule has 1 aromatic rings. The summed E-state index contributed by atoms with van der Waals surface area (Å²) < 4.78 is 0. The second-order valence-corrected chi connectivity index (χ2v) is 7.05. The highest BCUT2D eigenvalue weighted by molar-refractivity contribution is 5.39. The zero-order chi connectivity index (χ0) is 15.2. The van der Waals surface area contributed by atoms with Gasteiger partial charge >= 0.3 is 0 Å². The molecule has 21 heavy (non-hydrogen) atoms. The number of aromatic nitrogens is 1. The number of pyridine rings is 1. The van der Waals surface area contributed by atoms with E-state index < -0.39 is 0 Å². The van der Waals surface area contributed by atoms with Crippen LogP contribution in [-0.4, -0.2) is 24.6 Å². The number of rotatable bonds is 6. The van der Waals surface area contributed by atoms with Gasteiger partial charge in [-0.3, -0.25) is 0 Å². The Kier molecular flexibility index (Phi) is 6.04. The highest BCUT2D eigenvalue weighted by atomic mass is 15.2. The maximum absolute atomic E-state index is 4.83. The minimum Gasteiger partial charge on any atom is -0.357 e. The molecule has 1 heterocycles. The zero-order valence-electron chi connectivity index (χ0n) is 14.1. The van der Waals surface area contributed by atoms with E-state index in [9.17, 15) is 0 Å². The van der Waals surface area contributed by atoms with Crippen LogP contribution in [0.1, 0.15) is 52.1 Å². The Morgan fingerprint density at radius 1 is 1.33 bits per heavy atom. The van der Waals surface area contributed by atoms with E-state index in [1.54, 1.807) is 0 Å². The molecule has 0 bridgehead atoms. The van der Waals surface area contributed by atoms with Crippen LogP contribution < -0.4 is 10.2 Å². The molecular formula is C18H31N3. The van der Waals surface area contributed by atoms with Gasteiger partial charge in [-0.05, 0) is 43.4 Å². The van der Waals surface area contributed by atoms with Gasteiger partial charge in [0.2, 0.25) is 0 Å². The van der Waals surface area contributed by atoms with E-state index in [4.69, 9.17) is 4.98 Å². The normalized spacial score (nSPS) is 22.5. The lowest BCUT2D eigenvalue weighted by atomic mass is 9.86. The molecule has 0 spiro atoms. The van der Waals surface area contributed by atoms with Gasteiger partial charge in [0.15, 0.2) is 0 Å². The summed E-state index contributed by atoms with van der Waals surface area (Å²) in [7, 11) is 2.20. The summed E-state index contributed by atoms with van der Waals surface area (Å²) in [4.78, 5) is 7.22. The highest BCUT2D eigenvalue weighted by Gasteiger charge is 2.23. The van der Waals surface area contributed by atoms with Crippen LogP contribution >= 0.6 is 0 Å². The molecule has 3 heteroatoms. The third-order valence-electron chi connectivity index (χ3n) is 4.47. The first-order chi connectivity index (χ1) is 10.1. The summed E-state index contributed by atoms with van der Waals surface area (Å²) >= 11 is 0. The zero-order valence-corrected chi connectivity index (χ0v) is 14.1. The number of nitrogens with zero attached hydrogens (tertiary/aromatic N) is 2. The Morgan fingerprint density at radius 2 is 2.14 bits per heavy atom. The van der Waals surface area contributed by atoms with Crippen molar-refractivity contribution in [3.8, 4) is 0 Å². The highest BCUT2D eigenvalue weighted by Crippen LogP contribution is 2.28. The minimum atomic E-state index is 0.653. The van der Waals surface area contributed by atoms with E-state index in [1.165, 1.54) is 25.7 Å². The van der Waals surface area contributed by atoms with E-state index >= 15 is 0 Å². The van der Waals surface area contributed by atoms with Gasteiger partial charge in [-0.1, -0.05) is 39.7 Å². The lowest BCUT2D eigenvalue weighted by molar-refractivity contribution is 0.335. The van der Waals surface area contributed by atoms with Gasteiger partial charge < -0.3 is 10.2 Å². The van der Waals surface area contributed by atoms with Gasteiger partial charge in [0.1, 0.15) is 5.82 Å². The van der Waals surface area contributed by atoms with Crippen LogP contribution in [0.3, 0.4) is 0 Å². The van der Waals surface area contributed by atoms with Crippen LogP contribution in [0, 0.1) is 11.8 Å². The van der Waals surface area contributed by atoms with Crippen molar-refractivity contribution < 1.29 is 0 Å². The molecule has 2 rings (SSSR count). The predicted molar refractivity (Wildman–Crippen MR) is 90.6 cm³/mol. The minimum absolute atomic E-state index is 0.653. The molecule has 1 aliphatic carbocycles. The van der Waals surface area contributed by atoms with Crippen LogP contribution in [0.5, 0.6) is 0 Å². The standard InChI is InChI=1S/C18H31N3/c1-14(2)12-19-13-16-8-6-10-18(20-16)21(4)17-9-5-7-15(3)11-17/h6,8,10,14-15,17,19H,5,7,9,11-13H2,1-4H3. The van der Waals surface area contributed by atoms with E-state index in [2.05, 4.69) is 56.2 Å². The van der Waals surface area contributed by atoms with Crippen molar-refractivity contribution in [3.05, 3.63) is 23.9 Å². The fraction of sp³-hybridized carbons (Fsp3) is 0.722. The van der Waals surface area contributed by atoms with Crippen LogP contribution in [0.15, 0.2) is 18.2 Å². The van der Waals surface area contributed by atoms with Crippen LogP contribution in [0.25, 0.3) is 0 Å². The molecule has 1 fully saturated rings. The fourth-order valence-electron chi connectivity index (χ4n) is 3.19. The molecule has 3 nitrogen and oxygen atoms in total. The Hall–Kier alpha value is -1.09. The van der Waals surface area contributed by atoms with Gasteiger partial charge in [-0.15, -0.1) is 0 Å². The smallest absolute Gasteiger partial charge is 0.128 e. The van der Waals surface area contributed by atoms with E-state index in [1.807, 2.05) is 0 Å². The van der Waals surface area contributed by atoms with Gasteiger partial charge in [0.25, 0.3) is 0 Å². The van der Waals surface area contributed by atoms with Gasteiger partial charge in [0, 0.05) is 19.6 Å². The average molecular weight is 289 g/mol. The molecule has 0 saturated heterocycles. The molecule has 2 unspecified atom stereocenters. The maximum atomic E-state index is 4.83. The monoisotopic (exact) mass is 289 g/mol. The number of hydrogen-bond donors (Lipinski definition) is 1. The second kappa shape index (κ2) is 7.79. The maximum Gasteiger partial charge on any atom is 0.128 e. The lowest BCUT2D eigenvalue weighted by Crippen LogP contribution is -2.36. The van der Waals surface area contributed by atoms with E-state index in [0.717, 1.165) is 30.5 Å². The first kappa shape index (κ1) is 16.3. The summed E-state index contributed by atoms with van der Waals surface area (Å²) in [6, 6.07) is 7.05. The third kappa shape index (κ3) is 4.99. The van der Waals surface area contributed by atoms with Crippen LogP contribution in [-0.2, 0) is 6.54 Å². The molecule has 0 amide bonds. The summed E-state index contributed by atoms with van der Waals surface area (Å²) in [6.07, 6.45) is 5.34. The van der Waals surface area contributed by atoms with Gasteiger partial charge in [-0.2, -0.15) is 0 Å². The van der Waals surface area contributed by atoms with Crippen molar-refractivity contribution >= 4 is 5.82 Å². The Morgan fingerprint density at radius 3 is 2.86 bits per heavy atom. The van der Waals surface area contributed by atoms with Crippen LogP contribution in [0.2, 0.25) is 0 Å².